The molecule has 0 bridgehead atoms. The molecule has 0 aromatic rings. The van der Waals surface area contributed by atoms with E-state index in [1.165, 1.54) is 186 Å². The van der Waals surface area contributed by atoms with Crippen molar-refractivity contribution in [3.8, 4) is 0 Å². The van der Waals surface area contributed by atoms with E-state index in [1.54, 1.807) is 0 Å². The number of aliphatic hydroxyl groups excluding tert-OH is 2. The molecule has 0 radical (unpaired) electrons. The van der Waals surface area contributed by atoms with Gasteiger partial charge in [0.2, 0.25) is 5.91 Å². The number of rotatable bonds is 52. The standard InChI is InChI=1S/C59H109NO5/c1-3-5-7-9-11-13-15-16-26-30-33-37-41-45-49-53-59(64)65-54-50-46-42-38-34-31-28-25-23-21-19-17-18-20-22-24-27-29-32-36-40-44-48-52-58(63)60-56(55-61)57(62)51-47-43-39-35-14-12-10-8-6-4-2/h11,13,16-17,19-20,22,26,56-57,61-62H,3-10,12,14-15,18,21,23-25,27-55H2,1-2H3,(H,60,63)/b13-11-,19-17-,22-20-,26-16-. The van der Waals surface area contributed by atoms with Crippen LogP contribution in [0.15, 0.2) is 48.6 Å². The van der Waals surface area contributed by atoms with Crippen LogP contribution in [0, 0.1) is 0 Å². The summed E-state index contributed by atoms with van der Waals surface area (Å²) in [6.45, 7) is 4.89. The lowest BCUT2D eigenvalue weighted by atomic mass is 10.0. The fourth-order valence-corrected chi connectivity index (χ4v) is 8.46. The van der Waals surface area contributed by atoms with Gasteiger partial charge in [-0.1, -0.05) is 236 Å². The minimum Gasteiger partial charge on any atom is -0.466 e. The topological polar surface area (TPSA) is 95.9 Å². The van der Waals surface area contributed by atoms with Gasteiger partial charge >= 0.3 is 5.97 Å². The molecule has 6 nitrogen and oxygen atoms in total. The summed E-state index contributed by atoms with van der Waals surface area (Å²) >= 11 is 0. The van der Waals surface area contributed by atoms with Crippen LogP contribution < -0.4 is 5.32 Å². The van der Waals surface area contributed by atoms with E-state index in [-0.39, 0.29) is 18.5 Å². The number of aliphatic hydroxyl groups is 2. The Bertz CT molecular complexity index is 1100. The average Bonchev–Trinajstić information content (AvgIpc) is 3.31. The highest BCUT2D eigenvalue weighted by molar-refractivity contribution is 5.76. The van der Waals surface area contributed by atoms with E-state index >= 15 is 0 Å². The van der Waals surface area contributed by atoms with Crippen molar-refractivity contribution in [2.24, 2.45) is 0 Å². The van der Waals surface area contributed by atoms with Gasteiger partial charge in [0.15, 0.2) is 0 Å². The summed E-state index contributed by atoms with van der Waals surface area (Å²) in [5.74, 6) is -0.0557. The van der Waals surface area contributed by atoms with Crippen LogP contribution in [-0.2, 0) is 14.3 Å². The highest BCUT2D eigenvalue weighted by atomic mass is 16.5. The Labute approximate surface area is 404 Å². The van der Waals surface area contributed by atoms with E-state index in [0.717, 1.165) is 70.6 Å². The highest BCUT2D eigenvalue weighted by Gasteiger charge is 2.20. The molecule has 0 aromatic carbocycles. The van der Waals surface area contributed by atoms with Crippen LogP contribution in [0.5, 0.6) is 0 Å². The van der Waals surface area contributed by atoms with Crippen molar-refractivity contribution < 1.29 is 24.5 Å². The fourth-order valence-electron chi connectivity index (χ4n) is 8.46. The van der Waals surface area contributed by atoms with Crippen LogP contribution in [0.4, 0.5) is 0 Å². The third-order valence-corrected chi connectivity index (χ3v) is 12.9. The first-order valence-corrected chi connectivity index (χ1v) is 28.4. The van der Waals surface area contributed by atoms with Gasteiger partial charge in [0.25, 0.3) is 0 Å². The first kappa shape index (κ1) is 62.8. The molecule has 2 atom stereocenters. The molecule has 380 valence electrons. The van der Waals surface area contributed by atoms with Crippen LogP contribution in [0.1, 0.15) is 290 Å². The van der Waals surface area contributed by atoms with Crippen molar-refractivity contribution in [1.29, 1.82) is 0 Å². The molecule has 0 heterocycles. The van der Waals surface area contributed by atoms with Gasteiger partial charge in [0, 0.05) is 12.8 Å². The fraction of sp³-hybridized carbons (Fsp3) is 0.831. The number of carbonyl (C=O) groups is 2. The largest absolute Gasteiger partial charge is 0.466 e. The van der Waals surface area contributed by atoms with E-state index in [9.17, 15) is 19.8 Å². The maximum Gasteiger partial charge on any atom is 0.305 e. The Morgan fingerprint density at radius 3 is 1.20 bits per heavy atom. The van der Waals surface area contributed by atoms with Crippen molar-refractivity contribution in [2.45, 2.75) is 302 Å². The number of ether oxygens (including phenoxy) is 1. The van der Waals surface area contributed by atoms with Crippen molar-refractivity contribution in [1.82, 2.24) is 5.32 Å². The molecule has 0 spiro atoms. The van der Waals surface area contributed by atoms with Crippen molar-refractivity contribution in [3.05, 3.63) is 48.6 Å². The van der Waals surface area contributed by atoms with E-state index in [1.807, 2.05) is 0 Å². The summed E-state index contributed by atoms with van der Waals surface area (Å²) < 4.78 is 5.47. The van der Waals surface area contributed by atoms with E-state index < -0.39 is 12.1 Å². The van der Waals surface area contributed by atoms with Crippen molar-refractivity contribution >= 4 is 11.9 Å². The minimum atomic E-state index is -0.670. The molecular formula is C59H109NO5. The highest BCUT2D eigenvalue weighted by Crippen LogP contribution is 2.16. The number of esters is 1. The van der Waals surface area contributed by atoms with Gasteiger partial charge in [0.1, 0.15) is 0 Å². The van der Waals surface area contributed by atoms with Gasteiger partial charge in [-0.25, -0.2) is 0 Å². The molecule has 0 aliphatic carbocycles. The number of amides is 1. The molecule has 65 heavy (non-hydrogen) atoms. The SMILES string of the molecule is CCCCC/C=C\C/C=C\CCCCCCCC(=O)OCCCCCCCCCCC/C=C\C/C=C\CCCCCCCCCC(=O)NC(CO)C(O)CCCCCCCCCCCC. The summed E-state index contributed by atoms with van der Waals surface area (Å²) in [7, 11) is 0. The van der Waals surface area contributed by atoms with Crippen LogP contribution in [-0.4, -0.2) is 47.4 Å². The summed E-state index contributed by atoms with van der Waals surface area (Å²) in [5.41, 5.74) is 0. The van der Waals surface area contributed by atoms with Crippen molar-refractivity contribution in [3.63, 3.8) is 0 Å². The Morgan fingerprint density at radius 1 is 0.431 bits per heavy atom. The monoisotopic (exact) mass is 912 g/mol. The van der Waals surface area contributed by atoms with E-state index in [4.69, 9.17) is 4.74 Å². The molecule has 0 aromatic heterocycles. The number of carbonyl (C=O) groups excluding carboxylic acids is 2. The molecule has 6 heteroatoms. The smallest absolute Gasteiger partial charge is 0.305 e. The normalized spacial score (nSPS) is 13.0. The third-order valence-electron chi connectivity index (χ3n) is 12.9. The zero-order chi connectivity index (χ0) is 47.2. The second-order valence-corrected chi connectivity index (χ2v) is 19.3. The molecule has 0 saturated carbocycles. The van der Waals surface area contributed by atoms with Gasteiger partial charge in [-0.15, -0.1) is 0 Å². The van der Waals surface area contributed by atoms with Crippen molar-refractivity contribution in [2.75, 3.05) is 13.2 Å². The quantitative estimate of drug-likeness (QED) is 0.0321. The first-order chi connectivity index (χ1) is 32.0. The van der Waals surface area contributed by atoms with E-state index in [0.29, 0.717) is 25.9 Å². The molecule has 0 aliphatic heterocycles. The number of allylic oxidation sites excluding steroid dienone is 8. The maximum absolute atomic E-state index is 12.4. The second kappa shape index (κ2) is 54.4. The average molecular weight is 913 g/mol. The predicted octanol–water partition coefficient (Wildman–Crippen LogP) is 17.4. The third kappa shape index (κ3) is 51.1. The second-order valence-electron chi connectivity index (χ2n) is 19.3. The summed E-state index contributed by atoms with van der Waals surface area (Å²) in [5, 5.41) is 23.1. The lowest BCUT2D eigenvalue weighted by Crippen LogP contribution is -2.45. The van der Waals surface area contributed by atoms with Gasteiger partial charge < -0.3 is 20.3 Å². The summed E-state index contributed by atoms with van der Waals surface area (Å²) in [4.78, 5) is 24.4. The Kier molecular flexibility index (Phi) is 52.6. The molecular weight excluding hydrogens is 803 g/mol. The Hall–Kier alpha value is -2.18. The van der Waals surface area contributed by atoms with Crippen LogP contribution in [0.2, 0.25) is 0 Å². The number of hydrogen-bond acceptors (Lipinski definition) is 5. The maximum atomic E-state index is 12.4. The number of unbranched alkanes of at least 4 members (excludes halogenated alkanes) is 33. The summed E-state index contributed by atoms with van der Waals surface area (Å²) in [6.07, 6.45) is 68.2. The lowest BCUT2D eigenvalue weighted by Gasteiger charge is -2.22. The van der Waals surface area contributed by atoms with E-state index in [2.05, 4.69) is 67.8 Å². The zero-order valence-corrected chi connectivity index (χ0v) is 43.2. The Balaban J connectivity index is 3.44. The molecule has 0 rings (SSSR count). The predicted molar refractivity (Wildman–Crippen MR) is 282 cm³/mol. The minimum absolute atomic E-state index is 0.00767. The van der Waals surface area contributed by atoms with Gasteiger partial charge in [-0.2, -0.15) is 0 Å². The molecule has 0 aliphatic rings. The van der Waals surface area contributed by atoms with Crippen LogP contribution in [0.25, 0.3) is 0 Å². The molecule has 0 fully saturated rings. The summed E-state index contributed by atoms with van der Waals surface area (Å²) in [6, 6.07) is -0.548. The molecule has 0 saturated heterocycles. The van der Waals surface area contributed by atoms with Crippen LogP contribution >= 0.6 is 0 Å². The van der Waals surface area contributed by atoms with Gasteiger partial charge in [-0.3, -0.25) is 9.59 Å². The first-order valence-electron chi connectivity index (χ1n) is 28.4. The lowest BCUT2D eigenvalue weighted by molar-refractivity contribution is -0.143. The zero-order valence-electron chi connectivity index (χ0n) is 43.2. The molecule has 3 N–H and O–H groups in total. The molecule has 2 unspecified atom stereocenters. The molecule has 1 amide bonds. The van der Waals surface area contributed by atoms with Crippen LogP contribution in [0.3, 0.4) is 0 Å². The van der Waals surface area contributed by atoms with Gasteiger partial charge in [-0.05, 0) is 89.9 Å². The van der Waals surface area contributed by atoms with Gasteiger partial charge in [0.05, 0.1) is 25.4 Å². The number of hydrogen-bond donors (Lipinski definition) is 3. The number of nitrogens with one attached hydrogen (secondary N) is 1. The Morgan fingerprint density at radius 2 is 0.769 bits per heavy atom.